The quantitative estimate of drug-likeness (QED) is 0.632. The smallest absolute Gasteiger partial charge is 0.478 e. The van der Waals surface area contributed by atoms with Crippen molar-refractivity contribution < 1.29 is 27.8 Å². The zero-order valence-corrected chi connectivity index (χ0v) is 10.2. The Kier molecular flexibility index (Phi) is 4.14. The normalized spacial score (nSPS) is 11.4. The SMILES string of the molecule is NCc1c(C(=O)O)cnc(I)c1OC(F)(F)F. The summed E-state index contributed by atoms with van der Waals surface area (Å²) in [5, 5.41) is 8.78. The molecule has 17 heavy (non-hydrogen) atoms. The van der Waals surface area contributed by atoms with Gasteiger partial charge >= 0.3 is 12.3 Å². The largest absolute Gasteiger partial charge is 0.573 e. The predicted octanol–water partition coefficient (Wildman–Crippen LogP) is 1.74. The van der Waals surface area contributed by atoms with E-state index in [0.717, 1.165) is 6.20 Å². The minimum atomic E-state index is -4.93. The first-order chi connectivity index (χ1) is 7.76. The van der Waals surface area contributed by atoms with E-state index in [1.807, 2.05) is 0 Å². The van der Waals surface area contributed by atoms with Gasteiger partial charge in [0.05, 0.1) is 5.56 Å². The summed E-state index contributed by atoms with van der Waals surface area (Å²) in [6, 6.07) is 0. The highest BCUT2D eigenvalue weighted by Crippen LogP contribution is 2.31. The molecule has 1 rings (SSSR count). The second-order valence-corrected chi connectivity index (χ2v) is 3.85. The minimum Gasteiger partial charge on any atom is -0.478 e. The van der Waals surface area contributed by atoms with E-state index in [-0.39, 0.29) is 9.26 Å². The van der Waals surface area contributed by atoms with Gasteiger partial charge in [0.2, 0.25) is 0 Å². The summed E-state index contributed by atoms with van der Waals surface area (Å²) in [5.74, 6) is -2.08. The summed E-state index contributed by atoms with van der Waals surface area (Å²) in [7, 11) is 0. The Morgan fingerprint density at radius 2 is 2.18 bits per heavy atom. The van der Waals surface area contributed by atoms with Crippen molar-refractivity contribution in [3.63, 3.8) is 0 Å². The fraction of sp³-hybridized carbons (Fsp3) is 0.250. The van der Waals surface area contributed by atoms with Gasteiger partial charge in [-0.1, -0.05) is 0 Å². The summed E-state index contributed by atoms with van der Waals surface area (Å²) in [6.07, 6.45) is -3.99. The van der Waals surface area contributed by atoms with Crippen molar-refractivity contribution in [1.82, 2.24) is 4.98 Å². The molecule has 0 bridgehead atoms. The number of nitrogens with two attached hydrogens (primary N) is 1. The first-order valence-corrected chi connectivity index (χ1v) is 5.20. The molecule has 0 spiro atoms. The maximum Gasteiger partial charge on any atom is 0.573 e. The highest BCUT2D eigenvalue weighted by Gasteiger charge is 2.34. The molecule has 1 aromatic rings. The Morgan fingerprint density at radius 1 is 1.59 bits per heavy atom. The third kappa shape index (κ3) is 3.43. The number of alkyl halides is 3. The van der Waals surface area contributed by atoms with Crippen LogP contribution in [0.1, 0.15) is 15.9 Å². The average molecular weight is 362 g/mol. The third-order valence-corrected chi connectivity index (χ3v) is 2.51. The Bertz CT molecular complexity index is 450. The number of carbonyl (C=O) groups is 1. The van der Waals surface area contributed by atoms with Gasteiger partial charge in [0.1, 0.15) is 3.70 Å². The van der Waals surface area contributed by atoms with E-state index in [2.05, 4.69) is 9.72 Å². The highest BCUT2D eigenvalue weighted by atomic mass is 127. The van der Waals surface area contributed by atoms with Crippen LogP contribution in [0.15, 0.2) is 6.20 Å². The van der Waals surface area contributed by atoms with Crippen molar-refractivity contribution in [2.24, 2.45) is 5.73 Å². The maximum atomic E-state index is 12.1. The number of hydrogen-bond acceptors (Lipinski definition) is 4. The summed E-state index contributed by atoms with van der Waals surface area (Å²) >= 11 is 1.50. The fourth-order valence-corrected chi connectivity index (χ4v) is 1.69. The molecule has 1 heterocycles. The molecule has 3 N–H and O–H groups in total. The molecule has 0 aromatic carbocycles. The first-order valence-electron chi connectivity index (χ1n) is 4.12. The van der Waals surface area contributed by atoms with Gasteiger partial charge in [0.25, 0.3) is 0 Å². The highest BCUT2D eigenvalue weighted by molar-refractivity contribution is 14.1. The topological polar surface area (TPSA) is 85.4 Å². The van der Waals surface area contributed by atoms with Crippen LogP contribution in [0.3, 0.4) is 0 Å². The molecule has 0 unspecified atom stereocenters. The van der Waals surface area contributed by atoms with Gasteiger partial charge in [0.15, 0.2) is 5.75 Å². The Balaban J connectivity index is 3.35. The molecule has 1 aromatic heterocycles. The van der Waals surface area contributed by atoms with Crippen molar-refractivity contribution in [2.45, 2.75) is 12.9 Å². The second kappa shape index (κ2) is 5.04. The second-order valence-electron chi connectivity index (χ2n) is 2.83. The monoisotopic (exact) mass is 362 g/mol. The number of aromatic carboxylic acids is 1. The Hall–Kier alpha value is -1.10. The maximum absolute atomic E-state index is 12.1. The molecular formula is C8H6F3IN2O3. The number of rotatable bonds is 3. The van der Waals surface area contributed by atoms with Crippen LogP contribution < -0.4 is 10.5 Å². The fourth-order valence-electron chi connectivity index (χ4n) is 1.11. The Labute approximate surface area is 107 Å². The molecule has 0 aliphatic heterocycles. The molecule has 0 aliphatic carbocycles. The zero-order chi connectivity index (χ0) is 13.2. The lowest BCUT2D eigenvalue weighted by atomic mass is 10.1. The minimum absolute atomic E-state index is 0.106. The van der Waals surface area contributed by atoms with Gasteiger partial charge in [-0.25, -0.2) is 9.78 Å². The number of aromatic nitrogens is 1. The van der Waals surface area contributed by atoms with Crippen LogP contribution in [0.2, 0.25) is 0 Å². The molecule has 94 valence electrons. The predicted molar refractivity (Wildman–Crippen MR) is 58.5 cm³/mol. The van der Waals surface area contributed by atoms with Crippen LogP contribution in [0.25, 0.3) is 0 Å². The van der Waals surface area contributed by atoms with Crippen molar-refractivity contribution >= 4 is 28.6 Å². The van der Waals surface area contributed by atoms with Crippen molar-refractivity contribution in [2.75, 3.05) is 0 Å². The van der Waals surface area contributed by atoms with Gasteiger partial charge in [-0.2, -0.15) is 0 Å². The van der Waals surface area contributed by atoms with E-state index in [1.54, 1.807) is 0 Å². The molecule has 0 atom stereocenters. The molecule has 0 saturated heterocycles. The molecule has 0 amide bonds. The van der Waals surface area contributed by atoms with Gasteiger partial charge in [-0.15, -0.1) is 13.2 Å². The van der Waals surface area contributed by atoms with Crippen LogP contribution in [0, 0.1) is 3.70 Å². The Morgan fingerprint density at radius 3 is 2.59 bits per heavy atom. The number of carboxylic acids is 1. The summed E-state index contributed by atoms with van der Waals surface area (Å²) in [4.78, 5) is 14.3. The lowest BCUT2D eigenvalue weighted by molar-refractivity contribution is -0.275. The number of carboxylic acid groups (broad SMARTS) is 1. The van der Waals surface area contributed by atoms with E-state index in [4.69, 9.17) is 10.8 Å². The van der Waals surface area contributed by atoms with Gasteiger partial charge in [-0.3, -0.25) is 0 Å². The standard InChI is InChI=1S/C8H6F3IN2O3/c9-8(10,11)17-5-3(1-13)4(7(15)16)2-14-6(5)12/h2H,1,13H2,(H,15,16). The van der Waals surface area contributed by atoms with Crippen LogP contribution in [-0.4, -0.2) is 22.4 Å². The van der Waals surface area contributed by atoms with Crippen molar-refractivity contribution in [1.29, 1.82) is 0 Å². The molecule has 0 aliphatic rings. The molecule has 0 saturated carbocycles. The van der Waals surface area contributed by atoms with E-state index in [1.165, 1.54) is 22.6 Å². The number of halogens is 4. The van der Waals surface area contributed by atoms with E-state index in [9.17, 15) is 18.0 Å². The van der Waals surface area contributed by atoms with Crippen LogP contribution in [0.5, 0.6) is 5.75 Å². The van der Waals surface area contributed by atoms with Gasteiger partial charge in [0, 0.05) is 18.3 Å². The first kappa shape index (κ1) is 14.0. The molecular weight excluding hydrogens is 356 g/mol. The molecule has 0 radical (unpaired) electrons. The number of nitrogens with zero attached hydrogens (tertiary/aromatic N) is 1. The third-order valence-electron chi connectivity index (χ3n) is 1.75. The molecule has 0 fully saturated rings. The lowest BCUT2D eigenvalue weighted by Crippen LogP contribution is -2.21. The van der Waals surface area contributed by atoms with Crippen molar-refractivity contribution in [3.05, 3.63) is 21.0 Å². The number of ether oxygens (including phenoxy) is 1. The lowest BCUT2D eigenvalue weighted by Gasteiger charge is -2.14. The average Bonchev–Trinajstić information content (AvgIpc) is 2.18. The van der Waals surface area contributed by atoms with E-state index in [0.29, 0.717) is 0 Å². The summed E-state index contributed by atoms with van der Waals surface area (Å²) in [6.45, 7) is -0.397. The van der Waals surface area contributed by atoms with Gasteiger partial charge in [-0.05, 0) is 22.6 Å². The summed E-state index contributed by atoms with van der Waals surface area (Å²) in [5.41, 5.74) is 4.58. The number of hydrogen-bond donors (Lipinski definition) is 2. The molecule has 9 heteroatoms. The van der Waals surface area contributed by atoms with E-state index < -0.39 is 30.2 Å². The molecule has 5 nitrogen and oxygen atoms in total. The van der Waals surface area contributed by atoms with Crippen LogP contribution in [0.4, 0.5) is 13.2 Å². The van der Waals surface area contributed by atoms with Crippen molar-refractivity contribution in [3.8, 4) is 5.75 Å². The van der Waals surface area contributed by atoms with Crippen LogP contribution >= 0.6 is 22.6 Å². The van der Waals surface area contributed by atoms with Gasteiger partial charge < -0.3 is 15.6 Å². The van der Waals surface area contributed by atoms with E-state index >= 15 is 0 Å². The zero-order valence-electron chi connectivity index (χ0n) is 8.08. The number of pyridine rings is 1. The van der Waals surface area contributed by atoms with Crippen LogP contribution in [-0.2, 0) is 6.54 Å². The summed E-state index contributed by atoms with van der Waals surface area (Å²) < 4.78 is 40.0.